The van der Waals surface area contributed by atoms with Crippen molar-refractivity contribution in [2.24, 2.45) is 5.41 Å². The fourth-order valence-corrected chi connectivity index (χ4v) is 2.72. The van der Waals surface area contributed by atoms with E-state index in [4.69, 9.17) is 5.73 Å². The van der Waals surface area contributed by atoms with Gasteiger partial charge in [-0.25, -0.2) is 0 Å². The predicted molar refractivity (Wildman–Crippen MR) is 72.3 cm³/mol. The summed E-state index contributed by atoms with van der Waals surface area (Å²) in [6, 6.07) is 3.81. The molecule has 0 radical (unpaired) electrons. The number of rotatable bonds is 4. The van der Waals surface area contributed by atoms with E-state index in [1.54, 1.807) is 0 Å². The number of nitrogens with two attached hydrogens (primary N) is 1. The van der Waals surface area contributed by atoms with E-state index < -0.39 is 11.7 Å². The molecular formula is C14H19F3N2O. The lowest BCUT2D eigenvalue weighted by atomic mass is 9.87. The molecule has 0 saturated heterocycles. The lowest BCUT2D eigenvalue weighted by Gasteiger charge is -2.27. The number of benzene rings is 1. The number of aliphatic hydroxyl groups excluding tert-OH is 1. The van der Waals surface area contributed by atoms with E-state index in [1.165, 1.54) is 12.1 Å². The number of nitrogen functional groups attached to an aromatic ring is 1. The minimum absolute atomic E-state index is 0.0566. The SMILES string of the molecule is Nc1ccc(NCC2(CO)CCCC2)cc1C(F)(F)F. The average molecular weight is 288 g/mol. The minimum atomic E-state index is -4.45. The van der Waals surface area contributed by atoms with Crippen molar-refractivity contribution in [1.82, 2.24) is 0 Å². The number of hydrogen-bond donors (Lipinski definition) is 3. The monoisotopic (exact) mass is 288 g/mol. The van der Waals surface area contributed by atoms with Crippen LogP contribution < -0.4 is 11.1 Å². The van der Waals surface area contributed by atoms with Crippen LogP contribution in [0.1, 0.15) is 31.2 Å². The largest absolute Gasteiger partial charge is 0.418 e. The summed E-state index contributed by atoms with van der Waals surface area (Å²) in [7, 11) is 0. The zero-order chi connectivity index (χ0) is 14.8. The molecule has 2 rings (SSSR count). The average Bonchev–Trinajstić information content (AvgIpc) is 2.86. The molecule has 0 aliphatic heterocycles. The Kier molecular flexibility index (Phi) is 4.13. The van der Waals surface area contributed by atoms with Crippen molar-refractivity contribution < 1.29 is 18.3 Å². The van der Waals surface area contributed by atoms with Crippen LogP contribution in [0.15, 0.2) is 18.2 Å². The Morgan fingerprint density at radius 1 is 1.25 bits per heavy atom. The van der Waals surface area contributed by atoms with E-state index in [0.717, 1.165) is 31.7 Å². The Labute approximate surface area is 116 Å². The van der Waals surface area contributed by atoms with Gasteiger partial charge in [0.1, 0.15) is 0 Å². The first kappa shape index (κ1) is 15.0. The first-order valence-electron chi connectivity index (χ1n) is 6.68. The first-order chi connectivity index (χ1) is 9.36. The molecule has 0 bridgehead atoms. The molecule has 0 amide bonds. The summed E-state index contributed by atoms with van der Waals surface area (Å²) in [4.78, 5) is 0. The molecule has 20 heavy (non-hydrogen) atoms. The van der Waals surface area contributed by atoms with Crippen LogP contribution in [0.25, 0.3) is 0 Å². The smallest absolute Gasteiger partial charge is 0.398 e. The van der Waals surface area contributed by atoms with Crippen molar-refractivity contribution >= 4 is 11.4 Å². The van der Waals surface area contributed by atoms with Gasteiger partial charge in [-0.3, -0.25) is 0 Å². The molecule has 1 saturated carbocycles. The normalized spacial score (nSPS) is 18.2. The maximum Gasteiger partial charge on any atom is 0.418 e. The quantitative estimate of drug-likeness (QED) is 0.745. The fourth-order valence-electron chi connectivity index (χ4n) is 2.72. The van der Waals surface area contributed by atoms with Gasteiger partial charge in [0.15, 0.2) is 0 Å². The number of nitrogens with one attached hydrogen (secondary N) is 1. The van der Waals surface area contributed by atoms with Crippen molar-refractivity contribution in [1.29, 1.82) is 0 Å². The molecule has 112 valence electrons. The Hall–Kier alpha value is -1.43. The van der Waals surface area contributed by atoms with E-state index in [2.05, 4.69) is 5.32 Å². The number of hydrogen-bond acceptors (Lipinski definition) is 3. The van der Waals surface area contributed by atoms with Gasteiger partial charge in [-0.1, -0.05) is 12.8 Å². The Balaban J connectivity index is 2.10. The van der Waals surface area contributed by atoms with Crippen molar-refractivity contribution in [3.05, 3.63) is 23.8 Å². The van der Waals surface area contributed by atoms with Crippen LogP contribution in [-0.2, 0) is 6.18 Å². The molecule has 0 spiro atoms. The van der Waals surface area contributed by atoms with Gasteiger partial charge >= 0.3 is 6.18 Å². The number of anilines is 2. The van der Waals surface area contributed by atoms with Gasteiger partial charge in [0.25, 0.3) is 0 Å². The van der Waals surface area contributed by atoms with Crippen LogP contribution in [0.5, 0.6) is 0 Å². The van der Waals surface area contributed by atoms with Crippen molar-refractivity contribution in [2.45, 2.75) is 31.9 Å². The number of aliphatic hydroxyl groups is 1. The van der Waals surface area contributed by atoms with E-state index in [0.29, 0.717) is 12.2 Å². The highest BCUT2D eigenvalue weighted by Crippen LogP contribution is 2.39. The topological polar surface area (TPSA) is 58.3 Å². The third-order valence-electron chi connectivity index (χ3n) is 4.03. The molecule has 0 unspecified atom stereocenters. The van der Waals surface area contributed by atoms with Crippen LogP contribution in [-0.4, -0.2) is 18.3 Å². The summed E-state index contributed by atoms with van der Waals surface area (Å²) >= 11 is 0. The van der Waals surface area contributed by atoms with Crippen LogP contribution in [0, 0.1) is 5.41 Å². The van der Waals surface area contributed by atoms with E-state index >= 15 is 0 Å². The predicted octanol–water partition coefficient (Wildman–Crippen LogP) is 3.25. The second kappa shape index (κ2) is 5.52. The molecular weight excluding hydrogens is 269 g/mol. The van der Waals surface area contributed by atoms with Gasteiger partial charge < -0.3 is 16.2 Å². The van der Waals surface area contributed by atoms with Gasteiger partial charge in [0.05, 0.1) is 12.2 Å². The van der Waals surface area contributed by atoms with Gasteiger partial charge in [0.2, 0.25) is 0 Å². The molecule has 1 aliphatic rings. The molecule has 1 aliphatic carbocycles. The number of halogens is 3. The zero-order valence-corrected chi connectivity index (χ0v) is 11.1. The van der Waals surface area contributed by atoms with Crippen molar-refractivity contribution in [3.63, 3.8) is 0 Å². The van der Waals surface area contributed by atoms with Gasteiger partial charge in [0, 0.05) is 23.3 Å². The van der Waals surface area contributed by atoms with Gasteiger partial charge in [-0.2, -0.15) is 13.2 Å². The second-order valence-corrected chi connectivity index (χ2v) is 5.52. The lowest BCUT2D eigenvalue weighted by molar-refractivity contribution is -0.136. The summed E-state index contributed by atoms with van der Waals surface area (Å²) in [5.41, 5.74) is 4.43. The summed E-state index contributed by atoms with van der Waals surface area (Å²) in [6.45, 7) is 0.534. The van der Waals surface area contributed by atoms with E-state index in [1.807, 2.05) is 0 Å². The molecule has 0 aromatic heterocycles. The summed E-state index contributed by atoms with van der Waals surface area (Å²) in [5.74, 6) is 0. The summed E-state index contributed by atoms with van der Waals surface area (Å²) in [5, 5.41) is 12.5. The molecule has 1 aromatic carbocycles. The molecule has 0 atom stereocenters. The minimum Gasteiger partial charge on any atom is -0.398 e. The fraction of sp³-hybridized carbons (Fsp3) is 0.571. The maximum absolute atomic E-state index is 12.8. The standard InChI is InChI=1S/C14H19F3N2O/c15-14(16,17)11-7-10(3-4-12(11)18)19-8-13(9-20)5-1-2-6-13/h3-4,7,19-20H,1-2,5-6,8-9,18H2. The first-order valence-corrected chi connectivity index (χ1v) is 6.68. The molecule has 4 N–H and O–H groups in total. The maximum atomic E-state index is 12.8. The highest BCUT2D eigenvalue weighted by molar-refractivity contribution is 5.58. The highest BCUT2D eigenvalue weighted by atomic mass is 19.4. The molecule has 0 heterocycles. The lowest BCUT2D eigenvalue weighted by Crippen LogP contribution is -2.30. The van der Waals surface area contributed by atoms with Crippen LogP contribution in [0.4, 0.5) is 24.5 Å². The third kappa shape index (κ3) is 3.17. The van der Waals surface area contributed by atoms with E-state index in [9.17, 15) is 18.3 Å². The summed E-state index contributed by atoms with van der Waals surface area (Å²) in [6.07, 6.45) is -0.547. The van der Waals surface area contributed by atoms with Crippen molar-refractivity contribution in [3.8, 4) is 0 Å². The molecule has 1 aromatic rings. The molecule has 1 fully saturated rings. The Morgan fingerprint density at radius 3 is 2.45 bits per heavy atom. The molecule has 3 nitrogen and oxygen atoms in total. The summed E-state index contributed by atoms with van der Waals surface area (Å²) < 4.78 is 38.3. The van der Waals surface area contributed by atoms with Crippen LogP contribution in [0.3, 0.4) is 0 Å². The molecule has 6 heteroatoms. The van der Waals surface area contributed by atoms with Crippen molar-refractivity contribution in [2.75, 3.05) is 24.2 Å². The zero-order valence-electron chi connectivity index (χ0n) is 11.1. The van der Waals surface area contributed by atoms with E-state index in [-0.39, 0.29) is 17.7 Å². The Morgan fingerprint density at radius 2 is 1.90 bits per heavy atom. The third-order valence-corrected chi connectivity index (χ3v) is 4.03. The van der Waals surface area contributed by atoms with Gasteiger partial charge in [-0.15, -0.1) is 0 Å². The van der Waals surface area contributed by atoms with Crippen LogP contribution in [0.2, 0.25) is 0 Å². The number of alkyl halides is 3. The highest BCUT2D eigenvalue weighted by Gasteiger charge is 2.34. The Bertz CT molecular complexity index is 468. The van der Waals surface area contributed by atoms with Crippen LogP contribution >= 0.6 is 0 Å². The van der Waals surface area contributed by atoms with Gasteiger partial charge in [-0.05, 0) is 31.0 Å². The second-order valence-electron chi connectivity index (χ2n) is 5.52.